The molecule has 2 aromatic rings. The molecular formula is C11H11NOS. The SMILES string of the molecule is c1cc2c(o1)CCNC2c1ccsc1. The van der Waals surface area contributed by atoms with E-state index < -0.39 is 0 Å². The molecule has 1 aliphatic rings. The Morgan fingerprint density at radius 3 is 3.29 bits per heavy atom. The second kappa shape index (κ2) is 3.26. The van der Waals surface area contributed by atoms with E-state index in [1.54, 1.807) is 17.6 Å². The predicted molar refractivity (Wildman–Crippen MR) is 56.6 cm³/mol. The lowest BCUT2D eigenvalue weighted by Crippen LogP contribution is -2.29. The molecule has 0 aromatic carbocycles. The highest BCUT2D eigenvalue weighted by Crippen LogP contribution is 2.30. The van der Waals surface area contributed by atoms with Crippen LogP contribution in [0.3, 0.4) is 0 Å². The summed E-state index contributed by atoms with van der Waals surface area (Å²) in [4.78, 5) is 0. The van der Waals surface area contributed by atoms with Crippen LogP contribution in [0.2, 0.25) is 0 Å². The van der Waals surface area contributed by atoms with Crippen LogP contribution in [-0.4, -0.2) is 6.54 Å². The highest BCUT2D eigenvalue weighted by Gasteiger charge is 2.23. The summed E-state index contributed by atoms with van der Waals surface area (Å²) in [6.07, 6.45) is 2.79. The van der Waals surface area contributed by atoms with Gasteiger partial charge in [-0.2, -0.15) is 11.3 Å². The minimum absolute atomic E-state index is 0.337. The van der Waals surface area contributed by atoms with Gasteiger partial charge in [-0.25, -0.2) is 0 Å². The van der Waals surface area contributed by atoms with Crippen molar-refractivity contribution in [2.45, 2.75) is 12.5 Å². The first-order valence-corrected chi connectivity index (χ1v) is 5.71. The molecule has 3 heterocycles. The average molecular weight is 205 g/mol. The Kier molecular flexibility index (Phi) is 1.92. The number of nitrogens with one attached hydrogen (secondary N) is 1. The summed E-state index contributed by atoms with van der Waals surface area (Å²) >= 11 is 1.74. The van der Waals surface area contributed by atoms with Crippen molar-refractivity contribution in [1.82, 2.24) is 5.32 Å². The molecule has 0 radical (unpaired) electrons. The van der Waals surface area contributed by atoms with Crippen molar-refractivity contribution in [3.05, 3.63) is 46.0 Å². The van der Waals surface area contributed by atoms with E-state index in [1.165, 1.54) is 11.1 Å². The van der Waals surface area contributed by atoms with Crippen molar-refractivity contribution in [3.8, 4) is 0 Å². The van der Waals surface area contributed by atoms with Gasteiger partial charge in [0, 0.05) is 18.5 Å². The lowest BCUT2D eigenvalue weighted by Gasteiger charge is -2.22. The van der Waals surface area contributed by atoms with Gasteiger partial charge in [0.05, 0.1) is 12.3 Å². The van der Waals surface area contributed by atoms with Gasteiger partial charge in [0.25, 0.3) is 0 Å². The van der Waals surface area contributed by atoms with E-state index in [0.29, 0.717) is 6.04 Å². The van der Waals surface area contributed by atoms with Crippen LogP contribution in [0.4, 0.5) is 0 Å². The monoisotopic (exact) mass is 205 g/mol. The molecule has 72 valence electrons. The number of hydrogen-bond acceptors (Lipinski definition) is 3. The van der Waals surface area contributed by atoms with Crippen molar-refractivity contribution in [2.75, 3.05) is 6.54 Å². The van der Waals surface area contributed by atoms with Gasteiger partial charge in [0.15, 0.2) is 0 Å². The zero-order chi connectivity index (χ0) is 9.38. The van der Waals surface area contributed by atoms with E-state index in [4.69, 9.17) is 4.42 Å². The summed E-state index contributed by atoms with van der Waals surface area (Å²) in [5.41, 5.74) is 2.65. The van der Waals surface area contributed by atoms with Crippen molar-refractivity contribution in [2.24, 2.45) is 0 Å². The maximum atomic E-state index is 5.45. The van der Waals surface area contributed by atoms with Crippen molar-refractivity contribution >= 4 is 11.3 Å². The predicted octanol–water partition coefficient (Wildman–Crippen LogP) is 2.58. The summed E-state index contributed by atoms with van der Waals surface area (Å²) in [7, 11) is 0. The molecule has 3 heteroatoms. The van der Waals surface area contributed by atoms with Gasteiger partial charge in [-0.1, -0.05) is 0 Å². The fourth-order valence-electron chi connectivity index (χ4n) is 1.99. The molecule has 1 aliphatic heterocycles. The van der Waals surface area contributed by atoms with Crippen LogP contribution in [-0.2, 0) is 6.42 Å². The van der Waals surface area contributed by atoms with E-state index in [0.717, 1.165) is 18.7 Å². The largest absolute Gasteiger partial charge is 0.469 e. The highest BCUT2D eigenvalue weighted by molar-refractivity contribution is 7.08. The van der Waals surface area contributed by atoms with Gasteiger partial charge in [0.2, 0.25) is 0 Å². The lowest BCUT2D eigenvalue weighted by atomic mass is 9.97. The van der Waals surface area contributed by atoms with Gasteiger partial charge in [0.1, 0.15) is 5.76 Å². The fraction of sp³-hybridized carbons (Fsp3) is 0.273. The molecule has 14 heavy (non-hydrogen) atoms. The molecule has 1 N–H and O–H groups in total. The van der Waals surface area contributed by atoms with Crippen LogP contribution in [0.1, 0.15) is 22.9 Å². The third-order valence-electron chi connectivity index (χ3n) is 2.67. The molecule has 0 fully saturated rings. The minimum atomic E-state index is 0.337. The van der Waals surface area contributed by atoms with Gasteiger partial charge >= 0.3 is 0 Å². The van der Waals surface area contributed by atoms with Crippen molar-refractivity contribution < 1.29 is 4.42 Å². The number of hydrogen-bond donors (Lipinski definition) is 1. The molecule has 1 atom stereocenters. The summed E-state index contributed by atoms with van der Waals surface area (Å²) in [5, 5.41) is 7.82. The Labute approximate surface area is 86.6 Å². The van der Waals surface area contributed by atoms with Crippen LogP contribution in [0.5, 0.6) is 0 Å². The Bertz CT molecular complexity index is 418. The summed E-state index contributed by atoms with van der Waals surface area (Å²) in [5.74, 6) is 1.14. The van der Waals surface area contributed by atoms with E-state index in [2.05, 4.69) is 28.2 Å². The first-order valence-electron chi connectivity index (χ1n) is 4.77. The molecule has 0 amide bonds. The van der Waals surface area contributed by atoms with Gasteiger partial charge in [-0.3, -0.25) is 0 Å². The van der Waals surface area contributed by atoms with Crippen LogP contribution in [0.15, 0.2) is 33.6 Å². The second-order valence-electron chi connectivity index (χ2n) is 3.49. The topological polar surface area (TPSA) is 25.2 Å². The van der Waals surface area contributed by atoms with E-state index in [9.17, 15) is 0 Å². The molecule has 0 saturated carbocycles. The first-order chi connectivity index (χ1) is 6.95. The highest BCUT2D eigenvalue weighted by atomic mass is 32.1. The molecule has 1 unspecified atom stereocenters. The maximum Gasteiger partial charge on any atom is 0.110 e. The molecular weight excluding hydrogens is 194 g/mol. The molecule has 0 aliphatic carbocycles. The third kappa shape index (κ3) is 1.21. The Morgan fingerprint density at radius 2 is 2.43 bits per heavy atom. The Hall–Kier alpha value is -1.06. The summed E-state index contributed by atoms with van der Waals surface area (Å²) < 4.78 is 5.45. The molecule has 2 aromatic heterocycles. The van der Waals surface area contributed by atoms with Crippen LogP contribution in [0, 0.1) is 0 Å². The molecule has 3 rings (SSSR count). The Balaban J connectivity index is 2.04. The van der Waals surface area contributed by atoms with Crippen molar-refractivity contribution in [1.29, 1.82) is 0 Å². The molecule has 0 bridgehead atoms. The third-order valence-corrected chi connectivity index (χ3v) is 3.37. The second-order valence-corrected chi connectivity index (χ2v) is 4.27. The first kappa shape index (κ1) is 8.26. The number of furan rings is 1. The smallest absolute Gasteiger partial charge is 0.110 e. The van der Waals surface area contributed by atoms with Gasteiger partial charge < -0.3 is 9.73 Å². The van der Waals surface area contributed by atoms with E-state index >= 15 is 0 Å². The summed E-state index contributed by atoms with van der Waals surface area (Å²) in [6, 6.07) is 4.58. The fourth-order valence-corrected chi connectivity index (χ4v) is 2.67. The molecule has 0 saturated heterocycles. The lowest BCUT2D eigenvalue weighted by molar-refractivity contribution is 0.456. The molecule has 2 nitrogen and oxygen atoms in total. The van der Waals surface area contributed by atoms with E-state index in [-0.39, 0.29) is 0 Å². The maximum absolute atomic E-state index is 5.45. The number of thiophene rings is 1. The standard InChI is InChI=1S/C11H11NOS/c1-4-12-11(8-3-6-14-7-8)9-2-5-13-10(1)9/h2-3,5-7,11-12H,1,4H2. The minimum Gasteiger partial charge on any atom is -0.469 e. The Morgan fingerprint density at radius 1 is 1.43 bits per heavy atom. The van der Waals surface area contributed by atoms with E-state index in [1.807, 2.05) is 0 Å². The normalized spacial score (nSPS) is 20.7. The van der Waals surface area contributed by atoms with Crippen LogP contribution < -0.4 is 5.32 Å². The van der Waals surface area contributed by atoms with Crippen molar-refractivity contribution in [3.63, 3.8) is 0 Å². The molecule has 0 spiro atoms. The van der Waals surface area contributed by atoms with Crippen LogP contribution >= 0.6 is 11.3 Å². The average Bonchev–Trinajstić information content (AvgIpc) is 2.88. The zero-order valence-electron chi connectivity index (χ0n) is 7.69. The van der Waals surface area contributed by atoms with Gasteiger partial charge in [-0.05, 0) is 28.5 Å². The number of fused-ring (bicyclic) bond motifs is 1. The summed E-state index contributed by atoms with van der Waals surface area (Å²) in [6.45, 7) is 1.00. The quantitative estimate of drug-likeness (QED) is 0.774. The number of rotatable bonds is 1. The van der Waals surface area contributed by atoms with Crippen LogP contribution in [0.25, 0.3) is 0 Å². The zero-order valence-corrected chi connectivity index (χ0v) is 8.51. The van der Waals surface area contributed by atoms with Gasteiger partial charge in [-0.15, -0.1) is 0 Å².